The maximum absolute atomic E-state index is 12.6. The topological polar surface area (TPSA) is 69.6 Å². The predicted octanol–water partition coefficient (Wildman–Crippen LogP) is 24.4. The van der Waals surface area contributed by atoms with Crippen molar-refractivity contribution in [2.75, 3.05) is 6.61 Å². The van der Waals surface area contributed by atoms with Gasteiger partial charge >= 0.3 is 0 Å². The Labute approximate surface area is 500 Å². The number of carbonyl (C=O) groups excluding carboxylic acids is 1. The Balaban J connectivity index is 3.48. The van der Waals surface area contributed by atoms with Gasteiger partial charge in [0.05, 0.1) is 18.8 Å². The van der Waals surface area contributed by atoms with Crippen molar-refractivity contribution in [1.29, 1.82) is 0 Å². The maximum Gasteiger partial charge on any atom is 0.220 e. The van der Waals surface area contributed by atoms with Crippen molar-refractivity contribution in [3.05, 3.63) is 97.2 Å². The quantitative estimate of drug-likeness (QED) is 0.0420. The fourth-order valence-corrected chi connectivity index (χ4v) is 10.8. The Morgan fingerprint density at radius 3 is 0.825 bits per heavy atom. The van der Waals surface area contributed by atoms with Gasteiger partial charge in [-0.05, 0) is 77.0 Å². The largest absolute Gasteiger partial charge is 0.394 e. The number of aliphatic hydroxyl groups is 2. The molecule has 0 aromatic carbocycles. The van der Waals surface area contributed by atoms with Crippen molar-refractivity contribution in [2.24, 2.45) is 0 Å². The first-order valence-electron chi connectivity index (χ1n) is 35.4. The van der Waals surface area contributed by atoms with Crippen LogP contribution in [0.5, 0.6) is 0 Å². The standard InChI is InChI=1S/C76H137NO3/c1-3-5-7-9-11-13-15-17-19-21-23-25-27-29-31-33-35-37-38-40-42-44-46-48-50-52-54-56-58-60-62-64-66-68-70-72-76(80)77-74(73-78)75(79)71-69-67-65-63-61-59-57-55-53-51-49-47-45-43-41-39-36-34-32-30-28-26-24-22-20-18-16-14-12-10-8-6-4-2/h5,7,11,13,17,19,23,25,29,31,35,37,40,42,46,48,74-75,78-79H,3-4,6,8-10,12,14-16,18,20-22,24,26-28,30,32-34,36,38-39,41,43-45,47,49-73H2,1-2H3,(H,77,80)/b7-5-,13-11-,19-17-,25-23-,31-29-,37-35-,42-40-,48-46-. The molecule has 0 rings (SSSR count). The summed E-state index contributed by atoms with van der Waals surface area (Å²) >= 11 is 0. The third-order valence-electron chi connectivity index (χ3n) is 16.1. The number of rotatable bonds is 65. The molecular weight excluding hydrogens is 975 g/mol. The van der Waals surface area contributed by atoms with Crippen molar-refractivity contribution in [2.45, 2.75) is 373 Å². The van der Waals surface area contributed by atoms with Crippen LogP contribution in [0.2, 0.25) is 0 Å². The van der Waals surface area contributed by atoms with Crippen LogP contribution in [0.3, 0.4) is 0 Å². The summed E-state index contributed by atoms with van der Waals surface area (Å²) < 4.78 is 0. The van der Waals surface area contributed by atoms with Crippen molar-refractivity contribution < 1.29 is 15.0 Å². The van der Waals surface area contributed by atoms with Crippen molar-refractivity contribution >= 4 is 5.91 Å². The third-order valence-corrected chi connectivity index (χ3v) is 16.1. The zero-order valence-corrected chi connectivity index (χ0v) is 53.6. The molecule has 464 valence electrons. The molecule has 0 aliphatic heterocycles. The number of nitrogens with one attached hydrogen (secondary N) is 1. The molecule has 0 aromatic rings. The Morgan fingerprint density at radius 1 is 0.312 bits per heavy atom. The van der Waals surface area contributed by atoms with E-state index in [0.717, 1.165) is 77.0 Å². The summed E-state index contributed by atoms with van der Waals surface area (Å²) in [5.74, 6) is -0.0348. The smallest absolute Gasteiger partial charge is 0.220 e. The van der Waals surface area contributed by atoms with E-state index in [1.165, 1.54) is 257 Å². The highest BCUT2D eigenvalue weighted by Crippen LogP contribution is 2.19. The van der Waals surface area contributed by atoms with Gasteiger partial charge in [0.15, 0.2) is 0 Å². The summed E-state index contributed by atoms with van der Waals surface area (Å²) in [6.45, 7) is 4.27. The van der Waals surface area contributed by atoms with Crippen molar-refractivity contribution in [3.8, 4) is 0 Å². The minimum absolute atomic E-state index is 0.0348. The van der Waals surface area contributed by atoms with Crippen LogP contribution >= 0.6 is 0 Å². The lowest BCUT2D eigenvalue weighted by molar-refractivity contribution is -0.123. The lowest BCUT2D eigenvalue weighted by Gasteiger charge is -2.22. The van der Waals surface area contributed by atoms with E-state index < -0.39 is 12.1 Å². The van der Waals surface area contributed by atoms with Gasteiger partial charge in [-0.3, -0.25) is 4.79 Å². The zero-order chi connectivity index (χ0) is 57.6. The molecule has 1 amide bonds. The first kappa shape index (κ1) is 77.3. The second-order valence-electron chi connectivity index (χ2n) is 23.9. The fourth-order valence-electron chi connectivity index (χ4n) is 10.8. The first-order valence-corrected chi connectivity index (χ1v) is 35.4. The molecule has 0 aliphatic rings. The molecule has 3 N–H and O–H groups in total. The number of hydrogen-bond acceptors (Lipinski definition) is 3. The lowest BCUT2D eigenvalue weighted by Crippen LogP contribution is -2.45. The van der Waals surface area contributed by atoms with E-state index in [-0.39, 0.29) is 12.5 Å². The SMILES string of the molecule is CC/C=C\C/C=C\C/C=C\C/C=C\C/C=C\C/C=C\C/C=C\C/C=C\CCCCCCCCCCCCC(=O)NC(CO)C(O)CCCCCCCCCCCCCCCCCCCCCCCCCCCCCCCCCCC. The van der Waals surface area contributed by atoms with Gasteiger partial charge in [-0.2, -0.15) is 0 Å². The third kappa shape index (κ3) is 66.1. The summed E-state index contributed by atoms with van der Waals surface area (Å²) in [6.07, 6.45) is 105. The van der Waals surface area contributed by atoms with Gasteiger partial charge in [-0.15, -0.1) is 0 Å². The van der Waals surface area contributed by atoms with Gasteiger partial charge in [-0.1, -0.05) is 374 Å². The molecule has 0 bridgehead atoms. The van der Waals surface area contributed by atoms with Gasteiger partial charge in [0, 0.05) is 6.42 Å². The number of carbonyl (C=O) groups is 1. The van der Waals surface area contributed by atoms with Crippen LogP contribution in [0, 0.1) is 0 Å². The molecule has 4 nitrogen and oxygen atoms in total. The van der Waals surface area contributed by atoms with E-state index in [4.69, 9.17) is 0 Å². The van der Waals surface area contributed by atoms with Crippen LogP contribution in [-0.4, -0.2) is 34.9 Å². The maximum atomic E-state index is 12.6. The molecule has 0 saturated heterocycles. The van der Waals surface area contributed by atoms with Crippen molar-refractivity contribution in [1.82, 2.24) is 5.32 Å². The minimum Gasteiger partial charge on any atom is -0.394 e. The van der Waals surface area contributed by atoms with E-state index in [2.05, 4.69) is 116 Å². The van der Waals surface area contributed by atoms with Crippen LogP contribution in [0.4, 0.5) is 0 Å². The molecule has 4 heteroatoms. The zero-order valence-electron chi connectivity index (χ0n) is 53.6. The molecule has 0 spiro atoms. The molecule has 0 saturated carbocycles. The number of allylic oxidation sites excluding steroid dienone is 16. The summed E-state index contributed by atoms with van der Waals surface area (Å²) in [7, 11) is 0. The molecular formula is C76H137NO3. The highest BCUT2D eigenvalue weighted by molar-refractivity contribution is 5.76. The summed E-state index contributed by atoms with van der Waals surface area (Å²) in [5, 5.41) is 23.5. The monoisotopic (exact) mass is 1110 g/mol. The van der Waals surface area contributed by atoms with Gasteiger partial charge in [0.1, 0.15) is 0 Å². The molecule has 0 fully saturated rings. The summed E-state index contributed by atoms with van der Waals surface area (Å²) in [4.78, 5) is 12.6. The van der Waals surface area contributed by atoms with Gasteiger partial charge in [-0.25, -0.2) is 0 Å². The van der Waals surface area contributed by atoms with E-state index >= 15 is 0 Å². The Morgan fingerprint density at radius 2 is 0.550 bits per heavy atom. The first-order chi connectivity index (χ1) is 39.7. The number of hydrogen-bond donors (Lipinski definition) is 3. The molecule has 2 unspecified atom stereocenters. The predicted molar refractivity (Wildman–Crippen MR) is 359 cm³/mol. The summed E-state index contributed by atoms with van der Waals surface area (Å²) in [5.41, 5.74) is 0. The van der Waals surface area contributed by atoms with Crippen LogP contribution in [-0.2, 0) is 4.79 Å². The molecule has 2 atom stereocenters. The highest BCUT2D eigenvalue weighted by atomic mass is 16.3. The van der Waals surface area contributed by atoms with Gasteiger partial charge in [0.25, 0.3) is 0 Å². The second kappa shape index (κ2) is 70.6. The minimum atomic E-state index is -0.670. The van der Waals surface area contributed by atoms with Gasteiger partial charge < -0.3 is 15.5 Å². The number of unbranched alkanes of at least 4 members (excludes halogenated alkanes) is 42. The van der Waals surface area contributed by atoms with Crippen LogP contribution < -0.4 is 5.32 Å². The Kier molecular flexibility index (Phi) is 68.2. The fraction of sp³-hybridized carbons (Fsp3) is 0.776. The molecule has 0 aromatic heterocycles. The second-order valence-corrected chi connectivity index (χ2v) is 23.9. The summed E-state index contributed by atoms with van der Waals surface area (Å²) in [6, 6.07) is -0.547. The van der Waals surface area contributed by atoms with Crippen molar-refractivity contribution in [3.63, 3.8) is 0 Å². The highest BCUT2D eigenvalue weighted by Gasteiger charge is 2.20. The van der Waals surface area contributed by atoms with Gasteiger partial charge in [0.2, 0.25) is 5.91 Å². The molecule has 0 aliphatic carbocycles. The normalized spacial score (nSPS) is 13.3. The van der Waals surface area contributed by atoms with E-state index in [1.807, 2.05) is 0 Å². The molecule has 80 heavy (non-hydrogen) atoms. The lowest BCUT2D eigenvalue weighted by atomic mass is 10.0. The average molecular weight is 1110 g/mol. The molecule has 0 radical (unpaired) electrons. The number of aliphatic hydroxyl groups excluding tert-OH is 2. The van der Waals surface area contributed by atoms with Crippen LogP contribution in [0.25, 0.3) is 0 Å². The average Bonchev–Trinajstić information content (AvgIpc) is 3.46. The van der Waals surface area contributed by atoms with E-state index in [0.29, 0.717) is 12.8 Å². The van der Waals surface area contributed by atoms with E-state index in [1.54, 1.807) is 0 Å². The van der Waals surface area contributed by atoms with Crippen LogP contribution in [0.15, 0.2) is 97.2 Å². The number of amides is 1. The molecule has 0 heterocycles. The Hall–Kier alpha value is -2.69. The van der Waals surface area contributed by atoms with Crippen LogP contribution in [0.1, 0.15) is 361 Å². The van der Waals surface area contributed by atoms with E-state index in [9.17, 15) is 15.0 Å². The Bertz CT molecular complexity index is 1450.